The SMILES string of the molecule is CC(NC(=O)CCSc1ccccc1)c1ccc(Br)cc1. The molecule has 0 radical (unpaired) electrons. The third-order valence-electron chi connectivity index (χ3n) is 3.09. The van der Waals surface area contributed by atoms with Gasteiger partial charge < -0.3 is 5.32 Å². The highest BCUT2D eigenvalue weighted by Gasteiger charge is 2.09. The molecule has 0 aromatic heterocycles. The zero-order chi connectivity index (χ0) is 15.1. The standard InChI is InChI=1S/C17H18BrNOS/c1-13(14-7-9-15(18)10-8-14)19-17(20)11-12-21-16-5-3-2-4-6-16/h2-10,13H,11-12H2,1H3,(H,19,20). The van der Waals surface area contributed by atoms with E-state index in [9.17, 15) is 4.79 Å². The highest BCUT2D eigenvalue weighted by molar-refractivity contribution is 9.10. The van der Waals surface area contributed by atoms with Crippen LogP contribution in [0.1, 0.15) is 24.9 Å². The Morgan fingerprint density at radius 2 is 1.81 bits per heavy atom. The highest BCUT2D eigenvalue weighted by Crippen LogP contribution is 2.19. The molecule has 2 nitrogen and oxygen atoms in total. The van der Waals surface area contributed by atoms with Crippen molar-refractivity contribution in [1.82, 2.24) is 5.32 Å². The van der Waals surface area contributed by atoms with E-state index in [2.05, 4.69) is 33.4 Å². The van der Waals surface area contributed by atoms with Crippen molar-refractivity contribution in [2.75, 3.05) is 5.75 Å². The topological polar surface area (TPSA) is 29.1 Å². The molecule has 21 heavy (non-hydrogen) atoms. The summed E-state index contributed by atoms with van der Waals surface area (Å²) in [6, 6.07) is 18.2. The van der Waals surface area contributed by atoms with E-state index in [4.69, 9.17) is 0 Å². The number of nitrogens with one attached hydrogen (secondary N) is 1. The lowest BCUT2D eigenvalue weighted by Gasteiger charge is -2.14. The van der Waals surface area contributed by atoms with E-state index in [-0.39, 0.29) is 11.9 Å². The van der Waals surface area contributed by atoms with Crippen LogP contribution in [0.25, 0.3) is 0 Å². The van der Waals surface area contributed by atoms with Crippen LogP contribution in [0.15, 0.2) is 64.0 Å². The molecule has 0 spiro atoms. The van der Waals surface area contributed by atoms with E-state index < -0.39 is 0 Å². The summed E-state index contributed by atoms with van der Waals surface area (Å²) >= 11 is 5.12. The van der Waals surface area contributed by atoms with E-state index >= 15 is 0 Å². The number of rotatable bonds is 6. The van der Waals surface area contributed by atoms with Gasteiger partial charge in [0.1, 0.15) is 0 Å². The van der Waals surface area contributed by atoms with Crippen LogP contribution < -0.4 is 5.32 Å². The van der Waals surface area contributed by atoms with Gasteiger partial charge in [0, 0.05) is 21.5 Å². The van der Waals surface area contributed by atoms with Gasteiger partial charge in [0.25, 0.3) is 0 Å². The van der Waals surface area contributed by atoms with Crippen molar-refractivity contribution in [3.05, 3.63) is 64.6 Å². The predicted octanol–water partition coefficient (Wildman–Crippen LogP) is 4.81. The third-order valence-corrected chi connectivity index (χ3v) is 4.63. The van der Waals surface area contributed by atoms with Gasteiger partial charge in [0.2, 0.25) is 5.91 Å². The molecular weight excluding hydrogens is 346 g/mol. The molecule has 1 N–H and O–H groups in total. The minimum atomic E-state index is 0.0346. The summed E-state index contributed by atoms with van der Waals surface area (Å²) in [7, 11) is 0. The van der Waals surface area contributed by atoms with E-state index in [0.717, 1.165) is 15.8 Å². The second-order valence-corrected chi connectivity index (χ2v) is 6.84. The second kappa shape index (κ2) is 8.25. The van der Waals surface area contributed by atoms with Crippen LogP contribution in [-0.2, 0) is 4.79 Å². The summed E-state index contributed by atoms with van der Waals surface area (Å²) in [4.78, 5) is 13.2. The summed E-state index contributed by atoms with van der Waals surface area (Å²) in [6.07, 6.45) is 0.528. The Kier molecular flexibility index (Phi) is 6.33. The number of halogens is 1. The lowest BCUT2D eigenvalue weighted by Crippen LogP contribution is -2.26. The minimum absolute atomic E-state index is 0.0346. The molecule has 0 heterocycles. The smallest absolute Gasteiger partial charge is 0.221 e. The first-order valence-electron chi connectivity index (χ1n) is 6.88. The Balaban J connectivity index is 1.75. The molecule has 2 aromatic carbocycles. The lowest BCUT2D eigenvalue weighted by atomic mass is 10.1. The molecule has 1 atom stereocenters. The van der Waals surface area contributed by atoms with Crippen LogP contribution in [0.2, 0.25) is 0 Å². The molecule has 0 aliphatic heterocycles. The number of hydrogen-bond acceptors (Lipinski definition) is 2. The van der Waals surface area contributed by atoms with Crippen LogP contribution in [0.3, 0.4) is 0 Å². The Morgan fingerprint density at radius 1 is 1.14 bits per heavy atom. The fourth-order valence-electron chi connectivity index (χ4n) is 1.93. The van der Waals surface area contributed by atoms with Crippen molar-refractivity contribution in [2.45, 2.75) is 24.3 Å². The molecule has 0 aliphatic carbocycles. The van der Waals surface area contributed by atoms with Gasteiger partial charge in [-0.15, -0.1) is 11.8 Å². The second-order valence-electron chi connectivity index (χ2n) is 4.75. The molecule has 2 rings (SSSR count). The summed E-state index contributed by atoms with van der Waals surface area (Å²) < 4.78 is 1.05. The van der Waals surface area contributed by atoms with E-state index in [1.165, 1.54) is 4.90 Å². The molecule has 2 aromatic rings. The zero-order valence-electron chi connectivity index (χ0n) is 11.9. The fourth-order valence-corrected chi connectivity index (χ4v) is 3.06. The van der Waals surface area contributed by atoms with Crippen LogP contribution in [0.5, 0.6) is 0 Å². The summed E-state index contributed by atoms with van der Waals surface area (Å²) in [5.41, 5.74) is 1.11. The van der Waals surface area contributed by atoms with Crippen LogP contribution in [-0.4, -0.2) is 11.7 Å². The van der Waals surface area contributed by atoms with Crippen LogP contribution >= 0.6 is 27.7 Å². The molecule has 0 aliphatic rings. The third kappa shape index (κ3) is 5.56. The molecule has 1 amide bonds. The first-order chi connectivity index (χ1) is 10.1. The maximum absolute atomic E-state index is 12.0. The van der Waals surface area contributed by atoms with Crippen molar-refractivity contribution >= 4 is 33.6 Å². The number of amides is 1. The zero-order valence-corrected chi connectivity index (χ0v) is 14.3. The lowest BCUT2D eigenvalue weighted by molar-refractivity contribution is -0.121. The van der Waals surface area contributed by atoms with Crippen molar-refractivity contribution < 1.29 is 4.79 Å². The first kappa shape index (κ1) is 16.1. The number of carbonyl (C=O) groups excluding carboxylic acids is 1. The van der Waals surface area contributed by atoms with E-state index in [1.54, 1.807) is 11.8 Å². The van der Waals surface area contributed by atoms with Gasteiger partial charge in [-0.3, -0.25) is 4.79 Å². The molecule has 110 valence electrons. The monoisotopic (exact) mass is 363 g/mol. The average molecular weight is 364 g/mol. The van der Waals surface area contributed by atoms with Crippen molar-refractivity contribution in [2.24, 2.45) is 0 Å². The molecule has 0 fully saturated rings. The van der Waals surface area contributed by atoms with Crippen LogP contribution in [0, 0.1) is 0 Å². The van der Waals surface area contributed by atoms with Crippen molar-refractivity contribution in [3.8, 4) is 0 Å². The summed E-state index contributed by atoms with van der Waals surface area (Å²) in [5, 5.41) is 3.03. The van der Waals surface area contributed by atoms with Gasteiger partial charge in [-0.1, -0.05) is 46.3 Å². The fraction of sp³-hybridized carbons (Fsp3) is 0.235. The number of hydrogen-bond donors (Lipinski definition) is 1. The van der Waals surface area contributed by atoms with Gasteiger partial charge in [0.15, 0.2) is 0 Å². The van der Waals surface area contributed by atoms with Crippen molar-refractivity contribution in [1.29, 1.82) is 0 Å². The number of benzene rings is 2. The predicted molar refractivity (Wildman–Crippen MR) is 92.5 cm³/mol. The Hall–Kier alpha value is -1.26. The average Bonchev–Trinajstić information content (AvgIpc) is 2.49. The Bertz CT molecular complexity index is 571. The molecular formula is C17H18BrNOS. The summed E-state index contributed by atoms with van der Waals surface area (Å²) in [6.45, 7) is 2.01. The highest BCUT2D eigenvalue weighted by atomic mass is 79.9. The van der Waals surface area contributed by atoms with Gasteiger partial charge >= 0.3 is 0 Å². The number of carbonyl (C=O) groups is 1. The Morgan fingerprint density at radius 3 is 2.48 bits per heavy atom. The van der Waals surface area contributed by atoms with Gasteiger partial charge in [-0.05, 0) is 36.8 Å². The molecule has 0 saturated heterocycles. The van der Waals surface area contributed by atoms with Gasteiger partial charge in [0.05, 0.1) is 6.04 Å². The maximum atomic E-state index is 12.0. The largest absolute Gasteiger partial charge is 0.350 e. The first-order valence-corrected chi connectivity index (χ1v) is 8.65. The molecule has 0 saturated carbocycles. The van der Waals surface area contributed by atoms with Crippen molar-refractivity contribution in [3.63, 3.8) is 0 Å². The normalized spacial score (nSPS) is 11.9. The molecule has 0 bridgehead atoms. The van der Waals surface area contributed by atoms with E-state index in [0.29, 0.717) is 6.42 Å². The van der Waals surface area contributed by atoms with Gasteiger partial charge in [-0.2, -0.15) is 0 Å². The Labute approximate surface area is 138 Å². The van der Waals surface area contributed by atoms with Crippen LogP contribution in [0.4, 0.5) is 0 Å². The maximum Gasteiger partial charge on any atom is 0.221 e. The van der Waals surface area contributed by atoms with Gasteiger partial charge in [-0.25, -0.2) is 0 Å². The minimum Gasteiger partial charge on any atom is -0.350 e. The van der Waals surface area contributed by atoms with E-state index in [1.807, 2.05) is 49.4 Å². The molecule has 4 heteroatoms. The quantitative estimate of drug-likeness (QED) is 0.746. The molecule has 1 unspecified atom stereocenters. The number of thioether (sulfide) groups is 1. The summed E-state index contributed by atoms with van der Waals surface area (Å²) in [5.74, 6) is 0.886.